The summed E-state index contributed by atoms with van der Waals surface area (Å²) in [5.74, 6) is -1.38. The third-order valence-corrected chi connectivity index (χ3v) is 7.23. The lowest BCUT2D eigenvalue weighted by Crippen LogP contribution is -2.49. The van der Waals surface area contributed by atoms with Crippen LogP contribution in [0.5, 0.6) is 0 Å². The molecule has 184 valence electrons. The number of fused-ring (bicyclic) bond motifs is 1. The van der Waals surface area contributed by atoms with E-state index in [9.17, 15) is 18.4 Å². The van der Waals surface area contributed by atoms with Crippen LogP contribution in [0.2, 0.25) is 0 Å². The summed E-state index contributed by atoms with van der Waals surface area (Å²) in [5.41, 5.74) is 0.911. The predicted octanol–water partition coefficient (Wildman–Crippen LogP) is 4.46. The molecule has 2 heterocycles. The van der Waals surface area contributed by atoms with E-state index in [1.165, 1.54) is 30.6 Å². The van der Waals surface area contributed by atoms with Crippen molar-refractivity contribution in [2.75, 3.05) is 13.1 Å². The normalized spacial score (nSPS) is 19.5. The van der Waals surface area contributed by atoms with E-state index in [4.69, 9.17) is 0 Å². The van der Waals surface area contributed by atoms with Crippen LogP contribution in [0.1, 0.15) is 68.1 Å². The number of nitrogens with zero attached hydrogens (tertiary/aromatic N) is 4. The Bertz CT molecular complexity index is 1270. The Kier molecular flexibility index (Phi) is 6.78. The van der Waals surface area contributed by atoms with Crippen molar-refractivity contribution in [3.05, 3.63) is 75.6 Å². The highest BCUT2D eigenvalue weighted by Crippen LogP contribution is 2.47. The Morgan fingerprint density at radius 3 is 2.57 bits per heavy atom. The van der Waals surface area contributed by atoms with E-state index in [0.717, 1.165) is 24.1 Å². The van der Waals surface area contributed by atoms with Crippen LogP contribution in [0, 0.1) is 17.6 Å². The van der Waals surface area contributed by atoms with Crippen LogP contribution in [-0.2, 0) is 5.41 Å². The first-order chi connectivity index (χ1) is 16.7. The fourth-order valence-corrected chi connectivity index (χ4v) is 4.99. The highest BCUT2D eigenvalue weighted by molar-refractivity contribution is 5.93. The van der Waals surface area contributed by atoms with Crippen molar-refractivity contribution in [2.24, 2.45) is 5.92 Å². The summed E-state index contributed by atoms with van der Waals surface area (Å²) in [5, 5.41) is 8.81. The molecule has 1 aliphatic carbocycles. The molecule has 1 amide bonds. The van der Waals surface area contributed by atoms with Crippen LogP contribution in [0.4, 0.5) is 8.78 Å². The first-order valence-corrected chi connectivity index (χ1v) is 11.8. The lowest BCUT2D eigenvalue weighted by Gasteiger charge is -2.45. The number of hydrogen-bond acceptors (Lipinski definition) is 5. The Balaban J connectivity index is 1.77. The van der Waals surface area contributed by atoms with Gasteiger partial charge in [-0.15, -0.1) is 0 Å². The fourth-order valence-electron chi connectivity index (χ4n) is 4.99. The molecule has 0 unspecified atom stereocenters. The smallest absolute Gasteiger partial charge is 0.338 e. The van der Waals surface area contributed by atoms with E-state index in [-0.39, 0.29) is 29.0 Å². The molecule has 7 nitrogen and oxygen atoms in total. The molecule has 0 saturated heterocycles. The third kappa shape index (κ3) is 4.47. The second-order valence-electron chi connectivity index (χ2n) is 9.51. The van der Waals surface area contributed by atoms with Gasteiger partial charge in [0.15, 0.2) is 0 Å². The minimum atomic E-state index is -0.685. The van der Waals surface area contributed by atoms with Crippen LogP contribution in [-0.4, -0.2) is 44.1 Å². The highest BCUT2D eigenvalue weighted by atomic mass is 19.1. The number of likely N-dealkylation sites (N-methyl/N-ethyl adjacent to an activating group) is 1. The van der Waals surface area contributed by atoms with Gasteiger partial charge in [-0.05, 0) is 55.4 Å². The largest absolute Gasteiger partial charge is 0.344 e. The molecule has 2 aromatic heterocycles. The lowest BCUT2D eigenvalue weighted by molar-refractivity contribution is 0.0668. The number of hydrogen-bond donors (Lipinski definition) is 1. The molecule has 2 atom stereocenters. The maximum absolute atomic E-state index is 14.5. The number of carbonyl (C=O) groups excluding carboxylic acids is 1. The number of nitrogens with one attached hydrogen (secondary N) is 1. The summed E-state index contributed by atoms with van der Waals surface area (Å²) in [6.45, 7) is 8.98. The Labute approximate surface area is 202 Å². The highest BCUT2D eigenvalue weighted by Gasteiger charge is 2.45. The molecular weight excluding hydrogens is 452 g/mol. The van der Waals surface area contributed by atoms with Crippen LogP contribution in [0.15, 0.2) is 41.5 Å². The zero-order chi connectivity index (χ0) is 25.3. The molecular formula is C26H29F2N5O2. The number of amides is 1. The van der Waals surface area contributed by atoms with Crippen LogP contribution >= 0.6 is 0 Å². The molecule has 35 heavy (non-hydrogen) atoms. The second kappa shape index (κ2) is 9.64. The van der Waals surface area contributed by atoms with Gasteiger partial charge in [0.25, 0.3) is 5.91 Å². The van der Waals surface area contributed by atoms with Gasteiger partial charge in [-0.2, -0.15) is 10.2 Å². The zero-order valence-corrected chi connectivity index (χ0v) is 20.3. The van der Waals surface area contributed by atoms with Gasteiger partial charge in [0.2, 0.25) is 0 Å². The SMILES string of the molecule is CCN(C[C@@]1(C(C)C)CC[C@H](C)c2cc(-c3c(F)cccc3F)nnc21)C(=O)c1cnc(=O)[nH]c1. The topological polar surface area (TPSA) is 91.8 Å². The maximum Gasteiger partial charge on any atom is 0.344 e. The van der Waals surface area contributed by atoms with E-state index in [1.807, 2.05) is 6.92 Å². The van der Waals surface area contributed by atoms with Crippen molar-refractivity contribution < 1.29 is 13.6 Å². The molecule has 9 heteroatoms. The van der Waals surface area contributed by atoms with Gasteiger partial charge in [-0.25, -0.2) is 18.6 Å². The van der Waals surface area contributed by atoms with E-state index in [1.54, 1.807) is 11.0 Å². The van der Waals surface area contributed by atoms with Gasteiger partial charge < -0.3 is 9.88 Å². The Morgan fingerprint density at radius 1 is 1.26 bits per heavy atom. The van der Waals surface area contributed by atoms with Crippen LogP contribution in [0.25, 0.3) is 11.3 Å². The van der Waals surface area contributed by atoms with Crippen molar-refractivity contribution in [2.45, 2.75) is 51.9 Å². The molecule has 0 aliphatic heterocycles. The molecule has 0 radical (unpaired) electrons. The van der Waals surface area contributed by atoms with E-state index in [0.29, 0.717) is 18.7 Å². The van der Waals surface area contributed by atoms with Gasteiger partial charge in [-0.3, -0.25) is 4.79 Å². The molecule has 4 rings (SSSR count). The standard InChI is InChI=1S/C26H29F2N5O2/c1-5-33(24(34)17-12-29-25(35)30-13-17)14-26(15(2)3)10-9-16(4)18-11-21(31-32-23(18)26)22-19(27)7-6-8-20(22)28/h6-8,11-13,15-16H,5,9-10,14H2,1-4H3,(H,29,30,35)/t16-,26+/m0/s1. The minimum Gasteiger partial charge on any atom is -0.338 e. The van der Waals surface area contributed by atoms with Crippen LogP contribution in [0.3, 0.4) is 0 Å². The first kappa shape index (κ1) is 24.6. The van der Waals surface area contributed by atoms with Gasteiger partial charge in [0.1, 0.15) is 11.6 Å². The monoisotopic (exact) mass is 481 g/mol. The minimum absolute atomic E-state index is 0.106. The first-order valence-electron chi connectivity index (χ1n) is 11.8. The van der Waals surface area contributed by atoms with Crippen molar-refractivity contribution in [3.63, 3.8) is 0 Å². The molecule has 1 aromatic carbocycles. The van der Waals surface area contributed by atoms with Gasteiger partial charge in [0.05, 0.1) is 22.5 Å². The average Bonchev–Trinajstić information content (AvgIpc) is 2.84. The Hall–Kier alpha value is -3.49. The summed E-state index contributed by atoms with van der Waals surface area (Å²) in [6, 6.07) is 5.48. The van der Waals surface area contributed by atoms with Crippen LogP contribution < -0.4 is 5.69 Å². The third-order valence-electron chi connectivity index (χ3n) is 7.23. The molecule has 3 aromatic rings. The van der Waals surface area contributed by atoms with E-state index < -0.39 is 22.7 Å². The molecule has 0 fully saturated rings. The maximum atomic E-state index is 14.5. The Morgan fingerprint density at radius 2 is 1.97 bits per heavy atom. The molecule has 0 bridgehead atoms. The van der Waals surface area contributed by atoms with Crippen molar-refractivity contribution >= 4 is 5.91 Å². The second-order valence-corrected chi connectivity index (χ2v) is 9.51. The van der Waals surface area contributed by atoms with Crippen molar-refractivity contribution in [3.8, 4) is 11.3 Å². The van der Waals surface area contributed by atoms with Gasteiger partial charge in [0, 0.05) is 30.9 Å². The van der Waals surface area contributed by atoms with E-state index in [2.05, 4.69) is 40.9 Å². The summed E-state index contributed by atoms with van der Waals surface area (Å²) in [4.78, 5) is 32.4. The number of halogens is 2. The summed E-state index contributed by atoms with van der Waals surface area (Å²) >= 11 is 0. The number of aromatic amines is 1. The zero-order valence-electron chi connectivity index (χ0n) is 20.3. The van der Waals surface area contributed by atoms with Gasteiger partial charge in [-0.1, -0.05) is 26.8 Å². The van der Waals surface area contributed by atoms with Gasteiger partial charge >= 0.3 is 5.69 Å². The lowest BCUT2D eigenvalue weighted by atomic mass is 9.63. The number of H-pyrrole nitrogens is 1. The quantitative estimate of drug-likeness (QED) is 0.561. The molecule has 1 N–H and O–H groups in total. The summed E-state index contributed by atoms with van der Waals surface area (Å²) < 4.78 is 28.9. The number of rotatable bonds is 6. The molecule has 1 aliphatic rings. The molecule has 0 saturated carbocycles. The summed E-state index contributed by atoms with van der Waals surface area (Å²) in [7, 11) is 0. The van der Waals surface area contributed by atoms with Crippen molar-refractivity contribution in [1.29, 1.82) is 0 Å². The molecule has 0 spiro atoms. The number of aromatic nitrogens is 4. The van der Waals surface area contributed by atoms with Crippen molar-refractivity contribution in [1.82, 2.24) is 25.1 Å². The number of carbonyl (C=O) groups is 1. The predicted molar refractivity (Wildman–Crippen MR) is 128 cm³/mol. The summed E-state index contributed by atoms with van der Waals surface area (Å²) in [6.07, 6.45) is 4.27. The average molecular weight is 482 g/mol. The number of benzene rings is 1. The fraction of sp³-hybridized carbons (Fsp3) is 0.423. The van der Waals surface area contributed by atoms with E-state index >= 15 is 0 Å².